The van der Waals surface area contributed by atoms with Crippen LogP contribution in [-0.4, -0.2) is 9.52 Å². The van der Waals surface area contributed by atoms with Crippen molar-refractivity contribution < 1.29 is 20.8 Å². The third-order valence-electron chi connectivity index (χ3n) is 8.08. The zero-order valence-electron chi connectivity index (χ0n) is 29.1. The summed E-state index contributed by atoms with van der Waals surface area (Å²) in [6, 6.07) is 38.1. The van der Waals surface area contributed by atoms with Crippen molar-refractivity contribution in [3.63, 3.8) is 0 Å². The van der Waals surface area contributed by atoms with E-state index >= 15 is 0 Å². The summed E-state index contributed by atoms with van der Waals surface area (Å²) in [4.78, 5) is 0. The zero-order valence-corrected chi connectivity index (χ0v) is 34.1. The molecular formula is C42H48Cl2SiZr. The molecule has 0 N–H and O–H groups in total. The minimum absolute atomic E-state index is 0.206. The van der Waals surface area contributed by atoms with Gasteiger partial charge in [0.15, 0.2) is 0 Å². The van der Waals surface area contributed by atoms with Gasteiger partial charge in [-0.3, -0.25) is 0 Å². The molecule has 0 bridgehead atoms. The minimum atomic E-state index is -0.826. The molecule has 0 aliphatic carbocycles. The normalized spacial score (nSPS) is 10.8. The van der Waals surface area contributed by atoms with Gasteiger partial charge in [0, 0.05) is 9.52 Å². The van der Waals surface area contributed by atoms with Gasteiger partial charge in [0.05, 0.1) is 0 Å². The Morgan fingerprint density at radius 1 is 0.696 bits per heavy atom. The van der Waals surface area contributed by atoms with Gasteiger partial charge in [-0.15, -0.1) is 68.6 Å². The van der Waals surface area contributed by atoms with Crippen molar-refractivity contribution in [2.45, 2.75) is 79.8 Å². The third-order valence-corrected chi connectivity index (χ3v) is 8.08. The molecule has 0 aliphatic heterocycles. The number of benzene rings is 4. The van der Waals surface area contributed by atoms with E-state index in [-0.39, 0.29) is 5.41 Å². The Morgan fingerprint density at radius 3 is 1.89 bits per heavy atom. The Kier molecular flexibility index (Phi) is 14.8. The van der Waals surface area contributed by atoms with Crippen LogP contribution in [0.2, 0.25) is 13.1 Å². The monoisotopic (exact) mass is 740 g/mol. The predicted octanol–water partition coefficient (Wildman–Crippen LogP) is 14.0. The van der Waals surface area contributed by atoms with E-state index in [9.17, 15) is 0 Å². The maximum absolute atomic E-state index is 4.93. The van der Waals surface area contributed by atoms with E-state index in [0.717, 1.165) is 9.52 Å². The van der Waals surface area contributed by atoms with Crippen LogP contribution in [0.4, 0.5) is 0 Å². The van der Waals surface area contributed by atoms with Crippen molar-refractivity contribution in [2.75, 3.05) is 0 Å². The van der Waals surface area contributed by atoms with Crippen LogP contribution in [-0.2, 0) is 26.3 Å². The first kappa shape index (κ1) is 38.2. The molecule has 2 radical (unpaired) electrons. The molecule has 6 rings (SSSR count). The zero-order chi connectivity index (χ0) is 34.0. The fourth-order valence-electron chi connectivity index (χ4n) is 5.65. The van der Waals surface area contributed by atoms with Gasteiger partial charge in [0.1, 0.15) is 0 Å². The summed E-state index contributed by atoms with van der Waals surface area (Å²) >= 11 is -0.826. The Labute approximate surface area is 299 Å². The molecule has 46 heavy (non-hydrogen) atoms. The summed E-state index contributed by atoms with van der Waals surface area (Å²) in [6.07, 6.45) is 0. The van der Waals surface area contributed by atoms with E-state index in [0.29, 0.717) is 5.92 Å². The van der Waals surface area contributed by atoms with E-state index in [1.54, 1.807) is 0 Å². The quantitative estimate of drug-likeness (QED) is 0.125. The van der Waals surface area contributed by atoms with Gasteiger partial charge in [-0.1, -0.05) is 139 Å². The van der Waals surface area contributed by atoms with Crippen LogP contribution in [0.3, 0.4) is 0 Å². The average molecular weight is 743 g/mol. The van der Waals surface area contributed by atoms with Crippen molar-refractivity contribution in [2.24, 2.45) is 0 Å². The first-order valence-electron chi connectivity index (χ1n) is 15.9. The first-order chi connectivity index (χ1) is 21.8. The number of hydrogen-bond acceptors (Lipinski definition) is 0. The van der Waals surface area contributed by atoms with Gasteiger partial charge in [-0.2, -0.15) is 12.1 Å². The summed E-state index contributed by atoms with van der Waals surface area (Å²) in [5.41, 5.74) is 12.3. The van der Waals surface area contributed by atoms with E-state index in [2.05, 4.69) is 172 Å². The summed E-state index contributed by atoms with van der Waals surface area (Å²) in [5, 5.41) is 5.47. The van der Waals surface area contributed by atoms with Crippen LogP contribution in [0.5, 0.6) is 0 Å². The van der Waals surface area contributed by atoms with Gasteiger partial charge in [0.25, 0.3) is 0 Å². The van der Waals surface area contributed by atoms with E-state index in [1.165, 1.54) is 71.6 Å². The number of halogens is 2. The molecule has 0 fully saturated rings. The van der Waals surface area contributed by atoms with Crippen molar-refractivity contribution in [1.82, 2.24) is 0 Å². The van der Waals surface area contributed by atoms with Crippen molar-refractivity contribution in [1.29, 1.82) is 0 Å². The van der Waals surface area contributed by atoms with Crippen LogP contribution in [0.1, 0.15) is 68.4 Å². The van der Waals surface area contributed by atoms with Crippen molar-refractivity contribution in [3.05, 3.63) is 131 Å². The average Bonchev–Trinajstić information content (AvgIpc) is 3.63. The molecule has 4 heteroatoms. The number of fused-ring (bicyclic) bond motifs is 2. The summed E-state index contributed by atoms with van der Waals surface area (Å²) < 4.78 is 0. The molecule has 0 aliphatic rings. The fourth-order valence-corrected chi connectivity index (χ4v) is 5.65. The number of hydrogen-bond donors (Lipinski definition) is 0. The first-order valence-corrected chi connectivity index (χ1v) is 24.3. The molecule has 0 aromatic heterocycles. The molecule has 0 atom stereocenters. The van der Waals surface area contributed by atoms with Crippen LogP contribution >= 0.6 is 17.0 Å². The van der Waals surface area contributed by atoms with Crippen LogP contribution in [0.15, 0.2) is 103 Å². The molecule has 238 valence electrons. The van der Waals surface area contributed by atoms with Gasteiger partial charge in [0.2, 0.25) is 0 Å². The molecule has 0 saturated carbocycles. The second kappa shape index (κ2) is 17.8. The van der Waals surface area contributed by atoms with Crippen LogP contribution in [0, 0.1) is 20.8 Å². The Hall–Kier alpha value is -2.22. The Balaban J connectivity index is 0.000000215. The molecular weight excluding hydrogens is 695 g/mol. The number of rotatable bonds is 3. The predicted molar refractivity (Wildman–Crippen MR) is 206 cm³/mol. The van der Waals surface area contributed by atoms with Crippen LogP contribution in [0.25, 0.3) is 43.8 Å². The van der Waals surface area contributed by atoms with Gasteiger partial charge < -0.3 is 0 Å². The van der Waals surface area contributed by atoms with Crippen molar-refractivity contribution >= 4 is 48.1 Å². The second-order valence-electron chi connectivity index (χ2n) is 13.3. The van der Waals surface area contributed by atoms with Crippen LogP contribution < -0.4 is 0 Å². The summed E-state index contributed by atoms with van der Waals surface area (Å²) in [5.74, 6) is 0.581. The topological polar surface area (TPSA) is 0 Å². The van der Waals surface area contributed by atoms with E-state index in [4.69, 9.17) is 17.0 Å². The SMILES string of the molecule is C[Si]C.Cc1cc2c(-c3ccc(C(C)(C)C)cc3)ccc(C)c2[cH-]1.Cc1cccc(-c2cccc3[cH-]c(C(C)C)cc23)c1.[Cl][Zr+2][Cl]. The van der Waals surface area contributed by atoms with Gasteiger partial charge in [-0.05, 0) is 34.9 Å². The molecule has 0 nitrogen and oxygen atoms in total. The molecule has 6 aromatic rings. The molecule has 0 spiro atoms. The molecule has 0 unspecified atom stereocenters. The standard InChI is InChI=1S/C21H23.C19H19.C2H6Si.2ClH.Zr/c1-14-12-19-15(2)6-11-18(20(19)13-14)16-7-9-17(10-8-16)21(3,4)5;1-13(2)17-11-16-8-5-9-18(19(16)12-17)15-7-4-6-14(3)10-15;1-3-2;;;/h6-13H,1-5H3;4-13H,1-3H3;1-2H3;2*1H;/q2*-1;;;;+4/p-2. The summed E-state index contributed by atoms with van der Waals surface area (Å²) in [6.45, 7) is 22.1. The van der Waals surface area contributed by atoms with Gasteiger partial charge in [-0.25, -0.2) is 0 Å². The second-order valence-corrected chi connectivity index (χ2v) is 18.0. The molecule has 6 aromatic carbocycles. The Bertz CT molecular complexity index is 1820. The maximum atomic E-state index is 4.93. The van der Waals surface area contributed by atoms with E-state index < -0.39 is 20.8 Å². The van der Waals surface area contributed by atoms with Gasteiger partial charge >= 0.3 is 37.9 Å². The molecule has 0 heterocycles. The van der Waals surface area contributed by atoms with E-state index in [1.807, 2.05) is 0 Å². The van der Waals surface area contributed by atoms with Crippen molar-refractivity contribution in [3.8, 4) is 22.3 Å². The Morgan fingerprint density at radius 2 is 1.30 bits per heavy atom. The molecule has 0 amide bonds. The third kappa shape index (κ3) is 10.1. The number of aryl methyl sites for hydroxylation is 3. The summed E-state index contributed by atoms with van der Waals surface area (Å²) in [7, 11) is 11.0. The molecule has 0 saturated heterocycles. The fraction of sp³-hybridized carbons (Fsp3) is 0.286.